The zero-order chi connectivity index (χ0) is 35.1. The number of unbranched alkanes of at least 4 members (excludes halogenated alkanes) is 5. The molecule has 2 aromatic carbocycles. The second-order valence-electron chi connectivity index (χ2n) is 13.6. The molecule has 1 aliphatic carbocycles. The molecule has 2 heterocycles. The topological polar surface area (TPSA) is 111 Å². The zero-order valence-corrected chi connectivity index (χ0v) is 30.3. The lowest BCUT2D eigenvalue weighted by molar-refractivity contribution is -0.0249. The van der Waals surface area contributed by atoms with E-state index in [4.69, 9.17) is 25.2 Å². The van der Waals surface area contributed by atoms with E-state index in [-0.39, 0.29) is 29.2 Å². The third-order valence-electron chi connectivity index (χ3n) is 9.48. The van der Waals surface area contributed by atoms with Crippen LogP contribution in [-0.4, -0.2) is 38.0 Å². The number of benzene rings is 2. The molecule has 5 rings (SSSR count). The lowest BCUT2D eigenvalue weighted by Gasteiger charge is -2.37. The van der Waals surface area contributed by atoms with E-state index >= 15 is 0 Å². The number of hydrogen-bond donors (Lipinski definition) is 2. The van der Waals surface area contributed by atoms with Crippen molar-refractivity contribution in [1.82, 2.24) is 14.6 Å². The highest BCUT2D eigenvalue weighted by Crippen LogP contribution is 2.38. The van der Waals surface area contributed by atoms with Crippen molar-refractivity contribution >= 4 is 34.3 Å². The average Bonchev–Trinajstić information content (AvgIpc) is 3.63. The first-order valence-electron chi connectivity index (χ1n) is 17.5. The highest BCUT2D eigenvalue weighted by atomic mass is 32.2. The van der Waals surface area contributed by atoms with Crippen LogP contribution >= 0.6 is 0 Å². The van der Waals surface area contributed by atoms with Gasteiger partial charge in [-0.2, -0.15) is 4.21 Å². The molecule has 1 aliphatic rings. The molecule has 10 nitrogen and oxygen atoms in total. The van der Waals surface area contributed by atoms with E-state index in [9.17, 15) is 9.00 Å². The van der Waals surface area contributed by atoms with Crippen LogP contribution in [-0.2, 0) is 22.4 Å². The summed E-state index contributed by atoms with van der Waals surface area (Å²) in [5.41, 5.74) is 3.75. The summed E-state index contributed by atoms with van der Waals surface area (Å²) in [6.07, 6.45) is 11.3. The summed E-state index contributed by atoms with van der Waals surface area (Å²) >= 11 is -1.88. The van der Waals surface area contributed by atoms with Crippen LogP contribution in [0.25, 0.3) is 21.9 Å². The van der Waals surface area contributed by atoms with Crippen molar-refractivity contribution in [2.75, 3.05) is 11.8 Å². The van der Waals surface area contributed by atoms with Gasteiger partial charge in [0, 0.05) is 6.20 Å². The molecule has 0 radical (unpaired) electrons. The second-order valence-corrected chi connectivity index (χ2v) is 14.5. The Bertz CT molecular complexity index is 1810. The first-order chi connectivity index (χ1) is 23.6. The SMILES string of the molecule is [C-]#[N+]c1cn2[nH]c(-c3cc(NS(=O)Oc4cc(C)ccc4CCCCCCCC)ccc3OC)nc2c1C(=O)OC1C(C)CC(C)CC1C. The maximum Gasteiger partial charge on any atom is 0.331 e. The molecular weight excluding hydrogens is 639 g/mol. The fraction of sp³-hybridized carbons (Fsp3) is 0.500. The standard InChI is InChI=1S/C38H49N5O5S/c1-8-9-10-11-12-13-14-28-16-15-24(2)21-33(28)48-49(45)42-29-17-18-32(46-7)30(22-29)36-40-37-34(31(39-6)23-43(37)41-36)38(44)47-35-26(4)19-25(3)20-27(35)5/h15-18,21-23,25-27,35,42H,8-14,19-20H2,1-5,7H3,(H,40,41). The Labute approximate surface area is 292 Å². The Morgan fingerprint density at radius 3 is 2.51 bits per heavy atom. The summed E-state index contributed by atoms with van der Waals surface area (Å²) in [6, 6.07) is 11.3. The fourth-order valence-corrected chi connectivity index (χ4v) is 7.81. The summed E-state index contributed by atoms with van der Waals surface area (Å²) < 4.78 is 35.4. The van der Waals surface area contributed by atoms with Gasteiger partial charge in [0.15, 0.2) is 11.5 Å². The molecule has 262 valence electrons. The number of aromatic nitrogens is 3. The monoisotopic (exact) mass is 687 g/mol. The van der Waals surface area contributed by atoms with Gasteiger partial charge in [0.2, 0.25) is 5.69 Å². The minimum Gasteiger partial charge on any atom is -0.496 e. The van der Waals surface area contributed by atoms with Crippen molar-refractivity contribution in [1.29, 1.82) is 0 Å². The molecule has 49 heavy (non-hydrogen) atoms. The van der Waals surface area contributed by atoms with Crippen molar-refractivity contribution in [3.8, 4) is 22.9 Å². The molecule has 11 heteroatoms. The molecule has 0 saturated heterocycles. The lowest BCUT2D eigenvalue weighted by atomic mass is 9.75. The predicted molar refractivity (Wildman–Crippen MR) is 194 cm³/mol. The zero-order valence-electron chi connectivity index (χ0n) is 29.5. The van der Waals surface area contributed by atoms with Crippen LogP contribution < -0.4 is 13.6 Å². The van der Waals surface area contributed by atoms with E-state index in [1.54, 1.807) is 36.0 Å². The highest BCUT2D eigenvalue weighted by Gasteiger charge is 2.35. The molecule has 0 aliphatic heterocycles. The molecule has 1 fully saturated rings. The number of H-pyrrole nitrogens is 1. The molecule has 3 unspecified atom stereocenters. The Kier molecular flexibility index (Phi) is 12.0. The van der Waals surface area contributed by atoms with Gasteiger partial charge in [0.05, 0.1) is 24.9 Å². The van der Waals surface area contributed by atoms with Crippen LogP contribution in [0.5, 0.6) is 11.5 Å². The Morgan fingerprint density at radius 2 is 1.80 bits per heavy atom. The van der Waals surface area contributed by atoms with Gasteiger partial charge in [-0.25, -0.2) is 14.6 Å². The number of fused-ring (bicyclic) bond motifs is 1. The van der Waals surface area contributed by atoms with Crippen LogP contribution in [0.4, 0.5) is 11.4 Å². The molecule has 2 aromatic heterocycles. The van der Waals surface area contributed by atoms with E-state index in [1.165, 1.54) is 25.7 Å². The molecule has 0 amide bonds. The van der Waals surface area contributed by atoms with Gasteiger partial charge in [0.1, 0.15) is 23.2 Å². The number of rotatable bonds is 15. The molecule has 0 spiro atoms. The van der Waals surface area contributed by atoms with Crippen LogP contribution in [0.15, 0.2) is 42.6 Å². The molecule has 3 atom stereocenters. The molecule has 4 aromatic rings. The van der Waals surface area contributed by atoms with Crippen molar-refractivity contribution in [2.45, 2.75) is 98.5 Å². The van der Waals surface area contributed by atoms with Gasteiger partial charge in [-0.15, -0.1) is 0 Å². The van der Waals surface area contributed by atoms with E-state index in [0.29, 0.717) is 40.1 Å². The number of anilines is 1. The average molecular weight is 688 g/mol. The number of carbonyl (C=O) groups excluding carboxylic acids is 1. The van der Waals surface area contributed by atoms with E-state index in [2.05, 4.69) is 54.5 Å². The van der Waals surface area contributed by atoms with Gasteiger partial charge in [-0.05, 0) is 85.8 Å². The number of hydrogen-bond acceptors (Lipinski definition) is 6. The first-order valence-corrected chi connectivity index (χ1v) is 18.5. The summed E-state index contributed by atoms with van der Waals surface area (Å²) in [5, 5.41) is 3.17. The maximum absolute atomic E-state index is 13.6. The van der Waals surface area contributed by atoms with Crippen LogP contribution in [0.2, 0.25) is 0 Å². The Hall–Kier alpha value is -4.30. The normalized spacial score (nSPS) is 19.7. The van der Waals surface area contributed by atoms with Gasteiger partial charge in [-0.3, -0.25) is 14.3 Å². The fourth-order valence-electron chi connectivity index (χ4n) is 7.13. The summed E-state index contributed by atoms with van der Waals surface area (Å²) in [6.45, 7) is 18.4. The maximum atomic E-state index is 13.6. The number of esters is 1. The van der Waals surface area contributed by atoms with Gasteiger partial charge in [-0.1, -0.05) is 71.9 Å². The Balaban J connectivity index is 1.34. The minimum atomic E-state index is -1.88. The molecule has 0 bridgehead atoms. The van der Waals surface area contributed by atoms with Gasteiger partial charge < -0.3 is 13.7 Å². The second kappa shape index (κ2) is 16.4. The smallest absolute Gasteiger partial charge is 0.331 e. The number of nitrogens with one attached hydrogen (secondary N) is 2. The number of methoxy groups -OCH3 is 1. The van der Waals surface area contributed by atoms with Gasteiger partial charge in [0.25, 0.3) is 0 Å². The third-order valence-corrected chi connectivity index (χ3v) is 10.2. The highest BCUT2D eigenvalue weighted by molar-refractivity contribution is 7.82. The molecule has 1 saturated carbocycles. The number of ether oxygens (including phenoxy) is 2. The van der Waals surface area contributed by atoms with E-state index in [0.717, 1.165) is 43.2 Å². The van der Waals surface area contributed by atoms with Gasteiger partial charge >= 0.3 is 17.2 Å². The van der Waals surface area contributed by atoms with E-state index < -0.39 is 17.2 Å². The minimum absolute atomic E-state index is 0.133. The summed E-state index contributed by atoms with van der Waals surface area (Å²) in [4.78, 5) is 21.9. The van der Waals surface area contributed by atoms with Crippen molar-refractivity contribution < 1.29 is 22.7 Å². The summed E-state index contributed by atoms with van der Waals surface area (Å²) in [5.74, 6) is 2.00. The quantitative estimate of drug-likeness (QED) is 0.0732. The largest absolute Gasteiger partial charge is 0.496 e. The molecule has 2 N–H and O–H groups in total. The predicted octanol–water partition coefficient (Wildman–Crippen LogP) is 9.40. The van der Waals surface area contributed by atoms with Crippen molar-refractivity contribution in [3.63, 3.8) is 0 Å². The lowest BCUT2D eigenvalue weighted by Crippen LogP contribution is -2.37. The van der Waals surface area contributed by atoms with Crippen molar-refractivity contribution in [3.05, 3.63) is 70.7 Å². The Morgan fingerprint density at radius 1 is 1.06 bits per heavy atom. The number of aromatic amines is 1. The summed E-state index contributed by atoms with van der Waals surface area (Å²) in [7, 11) is 1.55. The van der Waals surface area contributed by atoms with E-state index in [1.807, 2.05) is 13.0 Å². The van der Waals surface area contributed by atoms with Crippen LogP contribution in [0.1, 0.15) is 101 Å². The number of nitrogens with zero attached hydrogens (tertiary/aromatic N) is 3. The van der Waals surface area contributed by atoms with Crippen LogP contribution in [0.3, 0.4) is 0 Å². The number of carbonyl (C=O) groups is 1. The van der Waals surface area contributed by atoms with Crippen molar-refractivity contribution in [2.24, 2.45) is 17.8 Å². The first kappa shape index (κ1) is 36.0. The molecular formula is C38H49N5O5S. The number of aryl methyl sites for hydroxylation is 2. The third kappa shape index (κ3) is 8.66. The van der Waals surface area contributed by atoms with Crippen LogP contribution in [0, 0.1) is 31.2 Å².